The van der Waals surface area contributed by atoms with Crippen LogP contribution in [0.3, 0.4) is 0 Å². The molecule has 2 heterocycles. The van der Waals surface area contributed by atoms with E-state index in [0.29, 0.717) is 41.2 Å². The first kappa shape index (κ1) is 59.7. The molecule has 2 aliphatic heterocycles. The molecular weight excluding hydrogens is 1120 g/mol. The van der Waals surface area contributed by atoms with Gasteiger partial charge in [-0.2, -0.15) is 26.3 Å². The van der Waals surface area contributed by atoms with Crippen molar-refractivity contribution in [1.82, 2.24) is 0 Å². The number of halogens is 7. The summed E-state index contributed by atoms with van der Waals surface area (Å²) in [5, 5.41) is 0.396. The molecule has 1 saturated heterocycles. The minimum atomic E-state index is -5.20. The number of piperidine rings is 1. The number of methoxy groups -OCH3 is 1. The van der Waals surface area contributed by atoms with Crippen molar-refractivity contribution >= 4 is 34.5 Å². The number of esters is 2. The second-order valence-corrected chi connectivity index (χ2v) is 25.1. The number of hydrogen-bond donors (Lipinski definition) is 0. The second kappa shape index (κ2) is 23.8. The smallest absolute Gasteiger partial charge is 0.416 e. The fourth-order valence-corrected chi connectivity index (χ4v) is 14.7. The largest absolute Gasteiger partial charge is 0.493 e. The van der Waals surface area contributed by atoms with E-state index in [1.54, 1.807) is 50.3 Å². The molecule has 12 rings (SSSR count). The minimum absolute atomic E-state index is 0.0396. The van der Waals surface area contributed by atoms with Crippen LogP contribution < -0.4 is 23.8 Å². The van der Waals surface area contributed by atoms with Crippen LogP contribution in [0.15, 0.2) is 127 Å². The highest BCUT2D eigenvalue weighted by atomic mass is 19.4. The maximum absolute atomic E-state index is 15.3. The van der Waals surface area contributed by atoms with E-state index in [4.69, 9.17) is 18.9 Å². The van der Waals surface area contributed by atoms with Gasteiger partial charge in [0.25, 0.3) is 0 Å². The van der Waals surface area contributed by atoms with Gasteiger partial charge in [-0.1, -0.05) is 113 Å². The van der Waals surface area contributed by atoms with E-state index in [1.807, 2.05) is 36.4 Å². The summed E-state index contributed by atoms with van der Waals surface area (Å²) in [5.74, 6) is -0.766. The van der Waals surface area contributed by atoms with Gasteiger partial charge in [0.15, 0.2) is 17.1 Å². The van der Waals surface area contributed by atoms with Gasteiger partial charge in [-0.15, -0.1) is 0 Å². The van der Waals surface area contributed by atoms with Crippen molar-refractivity contribution < 1.29 is 59.3 Å². The van der Waals surface area contributed by atoms with E-state index in [1.165, 1.54) is 88.3 Å². The number of fused-ring (bicyclic) bond motifs is 8. The fourth-order valence-electron chi connectivity index (χ4n) is 14.7. The van der Waals surface area contributed by atoms with Crippen molar-refractivity contribution in [1.29, 1.82) is 0 Å². The molecule has 7 nitrogen and oxygen atoms in total. The molecule has 1 atom stereocenters. The average Bonchev–Trinajstić information content (AvgIpc) is 1.58. The molecule has 3 aliphatic carbocycles. The highest BCUT2D eigenvalue weighted by molar-refractivity contribution is 6.10. The number of carbonyl (C=O) groups is 2. The summed E-state index contributed by atoms with van der Waals surface area (Å²) in [6.07, 6.45) is 7.93. The van der Waals surface area contributed by atoms with Crippen molar-refractivity contribution in [2.24, 2.45) is 17.8 Å². The fraction of sp³-hybridized carbons (Fsp3) is 0.397. The van der Waals surface area contributed by atoms with Gasteiger partial charge in [-0.05, 0) is 194 Å². The molecule has 0 radical (unpaired) electrons. The molecule has 1 unspecified atom stereocenters. The van der Waals surface area contributed by atoms with Crippen LogP contribution in [-0.4, -0.2) is 32.1 Å². The highest BCUT2D eigenvalue weighted by Crippen LogP contribution is 2.62. The normalized spacial score (nSPS) is 21.6. The summed E-state index contributed by atoms with van der Waals surface area (Å²) < 4.78 is 131. The predicted octanol–water partition coefficient (Wildman–Crippen LogP) is 19.5. The lowest BCUT2D eigenvalue weighted by molar-refractivity contribution is -0.145. The molecule has 0 amide bonds. The van der Waals surface area contributed by atoms with E-state index < -0.39 is 64.1 Å². The zero-order valence-electron chi connectivity index (χ0n) is 49.6. The minimum Gasteiger partial charge on any atom is -0.493 e. The Labute approximate surface area is 503 Å². The van der Waals surface area contributed by atoms with Crippen LogP contribution in [0.25, 0.3) is 39.1 Å². The van der Waals surface area contributed by atoms with E-state index in [-0.39, 0.29) is 69.2 Å². The predicted molar refractivity (Wildman–Crippen MR) is 325 cm³/mol. The number of anilines is 1. The summed E-state index contributed by atoms with van der Waals surface area (Å²) in [7, 11) is 1.36. The van der Waals surface area contributed by atoms with Crippen LogP contribution in [0.5, 0.6) is 23.0 Å². The second-order valence-electron chi connectivity index (χ2n) is 25.1. The van der Waals surface area contributed by atoms with Crippen LogP contribution in [0, 0.1) is 23.6 Å². The van der Waals surface area contributed by atoms with E-state index >= 15 is 13.2 Å². The Balaban J connectivity index is 0.822. The molecule has 14 heteroatoms. The zero-order valence-corrected chi connectivity index (χ0v) is 49.6. The van der Waals surface area contributed by atoms with Crippen molar-refractivity contribution in [3.8, 4) is 45.3 Å². The van der Waals surface area contributed by atoms with E-state index in [2.05, 4.69) is 36.1 Å². The number of benzene rings is 7. The number of ether oxygens (including phenoxy) is 4. The molecular formula is C73H72F7NO6. The first-order chi connectivity index (χ1) is 41.7. The lowest BCUT2D eigenvalue weighted by Crippen LogP contribution is -2.35. The molecule has 87 heavy (non-hydrogen) atoms. The molecule has 0 spiro atoms. The monoisotopic (exact) mass is 1190 g/mol. The Bertz CT molecular complexity index is 3720. The van der Waals surface area contributed by atoms with Crippen LogP contribution in [0.2, 0.25) is 0 Å². The summed E-state index contributed by atoms with van der Waals surface area (Å²) in [6.45, 7) is 7.14. The van der Waals surface area contributed by atoms with Crippen molar-refractivity contribution in [3.63, 3.8) is 0 Å². The highest BCUT2D eigenvalue weighted by Gasteiger charge is 2.51. The van der Waals surface area contributed by atoms with Gasteiger partial charge in [0.05, 0.1) is 30.1 Å². The van der Waals surface area contributed by atoms with E-state index in [9.17, 15) is 27.2 Å². The standard InChI is InChI=1S/C73H72F7NO6/c1-5-6-8-11-44-12-14-45(15-13-44)46-16-18-47(19-17-46)48-24-34-56(35-25-48)85-68(82)49-20-22-50(23-21-49)69(83)86-63-42-58-59(43-62(63)84-4)67-57(66-64(58)60-40-53(72(75,76)77)41-61(73(78,79)80)65(60)70(66,2)3)36-37-71(87-67,51-26-30-54(74)31-27-51)52-28-32-55(33-29-52)81-38-9-7-10-39-81/h16-19,24-37,40-45,49-50H,5-15,20-23,38-39H2,1-4H3. The molecule has 454 valence electrons. The van der Waals surface area contributed by atoms with Gasteiger partial charge in [0.2, 0.25) is 0 Å². The number of hydrogen-bond acceptors (Lipinski definition) is 7. The maximum atomic E-state index is 15.3. The molecule has 0 N–H and O–H groups in total. The molecule has 0 bridgehead atoms. The molecule has 2 saturated carbocycles. The third-order valence-corrected chi connectivity index (χ3v) is 19.4. The number of nitrogens with zero attached hydrogens (tertiary/aromatic N) is 1. The van der Waals surface area contributed by atoms with Gasteiger partial charge in [-0.25, -0.2) is 4.39 Å². The zero-order chi connectivity index (χ0) is 61.0. The van der Waals surface area contributed by atoms with Gasteiger partial charge in [-0.3, -0.25) is 9.59 Å². The van der Waals surface area contributed by atoms with Crippen molar-refractivity contribution in [2.75, 3.05) is 25.1 Å². The van der Waals surface area contributed by atoms with Gasteiger partial charge >= 0.3 is 24.3 Å². The summed E-state index contributed by atoms with van der Waals surface area (Å²) in [4.78, 5) is 30.3. The Kier molecular flexibility index (Phi) is 16.3. The number of rotatable bonds is 14. The van der Waals surface area contributed by atoms with Crippen LogP contribution >= 0.6 is 0 Å². The Morgan fingerprint density at radius 2 is 1.24 bits per heavy atom. The SMILES string of the molecule is CCCCCC1CCC(c2ccc(-c3ccc(OC(=O)C4CCC(C(=O)Oc5cc6c7c(c8c(c6cc5OC)OC(c5ccc(F)cc5)(c5ccc(N6CCCCC6)cc5)C=C8)C(C)(C)c5c-7cc(C(F)(F)F)cc5C(F)(F)F)CC4)cc3)cc2)CC1. The van der Waals surface area contributed by atoms with Crippen molar-refractivity contribution in [3.05, 3.63) is 178 Å². The third-order valence-electron chi connectivity index (χ3n) is 19.4. The first-order valence-electron chi connectivity index (χ1n) is 30.9. The summed E-state index contributed by atoms with van der Waals surface area (Å²) in [5.41, 5.74) is -0.288. The Morgan fingerprint density at radius 1 is 0.644 bits per heavy atom. The van der Waals surface area contributed by atoms with Crippen LogP contribution in [0.4, 0.5) is 36.4 Å². The maximum Gasteiger partial charge on any atom is 0.416 e. The van der Waals surface area contributed by atoms with Crippen LogP contribution in [0.1, 0.15) is 168 Å². The molecule has 3 fully saturated rings. The summed E-state index contributed by atoms with van der Waals surface area (Å²) in [6, 6.07) is 33.8. The molecule has 7 aromatic carbocycles. The van der Waals surface area contributed by atoms with Gasteiger partial charge < -0.3 is 23.8 Å². The topological polar surface area (TPSA) is 74.3 Å². The summed E-state index contributed by atoms with van der Waals surface area (Å²) >= 11 is 0. The number of carbonyl (C=O) groups excluding carboxylic acids is 2. The van der Waals surface area contributed by atoms with Crippen molar-refractivity contribution in [2.45, 2.75) is 146 Å². The lowest BCUT2D eigenvalue weighted by atomic mass is 9.75. The Hall–Kier alpha value is -7.61. The lowest BCUT2D eigenvalue weighted by Gasteiger charge is -2.39. The molecule has 0 aromatic heterocycles. The van der Waals surface area contributed by atoms with Gasteiger partial charge in [0.1, 0.15) is 17.3 Å². The number of unbranched alkanes of at least 4 members (excludes halogenated alkanes) is 2. The molecule has 7 aromatic rings. The van der Waals surface area contributed by atoms with Crippen LogP contribution in [-0.2, 0) is 33.0 Å². The number of alkyl halides is 6. The van der Waals surface area contributed by atoms with Gasteiger partial charge in [0, 0.05) is 46.3 Å². The first-order valence-corrected chi connectivity index (χ1v) is 30.9. The quantitative estimate of drug-likeness (QED) is 0.0465. The third kappa shape index (κ3) is 11.6. The van der Waals surface area contributed by atoms with E-state index in [0.717, 1.165) is 61.2 Å². The average molecular weight is 1190 g/mol. The molecule has 5 aliphatic rings. The Morgan fingerprint density at radius 3 is 1.84 bits per heavy atom.